The Morgan fingerprint density at radius 1 is 1.17 bits per heavy atom. The Morgan fingerprint density at radius 2 is 1.83 bits per heavy atom. The molecule has 3 nitrogen and oxygen atoms in total. The second-order valence-electron chi connectivity index (χ2n) is 3.50. The van der Waals surface area contributed by atoms with Crippen LogP contribution < -0.4 is 4.74 Å². The molecule has 2 aromatic carbocycles. The van der Waals surface area contributed by atoms with E-state index in [4.69, 9.17) is 21.4 Å². The van der Waals surface area contributed by atoms with Gasteiger partial charge in [0.1, 0.15) is 22.9 Å². The van der Waals surface area contributed by atoms with Gasteiger partial charge in [-0.05, 0) is 42.5 Å². The van der Waals surface area contributed by atoms with Gasteiger partial charge >= 0.3 is 5.97 Å². The summed E-state index contributed by atoms with van der Waals surface area (Å²) in [6.07, 6.45) is 0. The molecule has 2 aromatic rings. The first-order valence-electron chi connectivity index (χ1n) is 5.02. The van der Waals surface area contributed by atoms with Crippen molar-refractivity contribution in [3.63, 3.8) is 0 Å². The van der Waals surface area contributed by atoms with Gasteiger partial charge in [0.15, 0.2) is 0 Å². The normalized spacial score (nSPS) is 10.1. The summed E-state index contributed by atoms with van der Waals surface area (Å²) in [6.45, 7) is 0. The highest BCUT2D eigenvalue weighted by atomic mass is 35.5. The fraction of sp³-hybridized carbons (Fsp3) is 0. The fourth-order valence-electron chi connectivity index (χ4n) is 1.39. The third-order valence-electron chi connectivity index (χ3n) is 2.21. The summed E-state index contributed by atoms with van der Waals surface area (Å²) in [6, 6.07) is 9.73. The van der Waals surface area contributed by atoms with Crippen LogP contribution >= 0.6 is 11.6 Å². The van der Waals surface area contributed by atoms with Crippen LogP contribution in [0.1, 0.15) is 10.4 Å². The maximum absolute atomic E-state index is 13.0. The Bertz CT molecular complexity index is 581. The molecule has 0 saturated carbocycles. The van der Waals surface area contributed by atoms with E-state index in [9.17, 15) is 9.18 Å². The molecule has 92 valence electrons. The van der Waals surface area contributed by atoms with Gasteiger partial charge in [0.05, 0.1) is 0 Å². The van der Waals surface area contributed by atoms with Crippen LogP contribution in [0.5, 0.6) is 11.5 Å². The van der Waals surface area contributed by atoms with Gasteiger partial charge in [0.25, 0.3) is 0 Å². The number of aromatic carboxylic acids is 1. The number of hydrogen-bond acceptors (Lipinski definition) is 2. The van der Waals surface area contributed by atoms with Crippen molar-refractivity contribution in [3.8, 4) is 11.5 Å². The largest absolute Gasteiger partial charge is 0.478 e. The third-order valence-corrected chi connectivity index (χ3v) is 2.47. The van der Waals surface area contributed by atoms with E-state index in [-0.39, 0.29) is 11.3 Å². The molecule has 0 radical (unpaired) electrons. The topological polar surface area (TPSA) is 46.5 Å². The standard InChI is InChI=1S/C13H8ClFO3/c14-8-1-4-10(5-2-8)18-12-6-3-9(15)7-11(12)13(16)17/h1-7H,(H,16,17). The SMILES string of the molecule is O=C(O)c1cc(F)ccc1Oc1ccc(Cl)cc1. The summed E-state index contributed by atoms with van der Waals surface area (Å²) >= 11 is 5.72. The number of benzene rings is 2. The molecule has 0 amide bonds. The molecule has 0 aromatic heterocycles. The van der Waals surface area contributed by atoms with Crippen molar-refractivity contribution >= 4 is 17.6 Å². The average Bonchev–Trinajstić information content (AvgIpc) is 2.34. The summed E-state index contributed by atoms with van der Waals surface area (Å²) in [5.41, 5.74) is -0.232. The van der Waals surface area contributed by atoms with Crippen molar-refractivity contribution < 1.29 is 19.0 Å². The minimum Gasteiger partial charge on any atom is -0.478 e. The van der Waals surface area contributed by atoms with E-state index in [1.807, 2.05) is 0 Å². The van der Waals surface area contributed by atoms with E-state index in [1.165, 1.54) is 6.07 Å². The van der Waals surface area contributed by atoms with Crippen molar-refractivity contribution in [2.45, 2.75) is 0 Å². The zero-order valence-corrected chi connectivity index (χ0v) is 9.82. The molecule has 18 heavy (non-hydrogen) atoms. The predicted octanol–water partition coefficient (Wildman–Crippen LogP) is 3.97. The zero-order valence-electron chi connectivity index (χ0n) is 9.06. The molecular formula is C13H8ClFO3. The molecule has 2 rings (SSSR count). The molecule has 0 aliphatic carbocycles. The molecule has 0 aliphatic rings. The predicted molar refractivity (Wildman–Crippen MR) is 64.9 cm³/mol. The first kappa shape index (κ1) is 12.4. The van der Waals surface area contributed by atoms with Crippen LogP contribution in [0.25, 0.3) is 0 Å². The minimum absolute atomic E-state index is 0.0752. The lowest BCUT2D eigenvalue weighted by atomic mass is 10.2. The lowest BCUT2D eigenvalue weighted by molar-refractivity contribution is 0.0693. The van der Waals surface area contributed by atoms with Crippen LogP contribution in [-0.4, -0.2) is 11.1 Å². The highest BCUT2D eigenvalue weighted by molar-refractivity contribution is 6.30. The Kier molecular flexibility index (Phi) is 3.48. The van der Waals surface area contributed by atoms with Gasteiger partial charge in [0.2, 0.25) is 0 Å². The number of ether oxygens (including phenoxy) is 1. The second-order valence-corrected chi connectivity index (χ2v) is 3.94. The number of carboxylic acids is 1. The maximum atomic E-state index is 13.0. The Balaban J connectivity index is 2.34. The minimum atomic E-state index is -1.25. The summed E-state index contributed by atoms with van der Waals surface area (Å²) in [4.78, 5) is 11.0. The molecular weight excluding hydrogens is 259 g/mol. The van der Waals surface area contributed by atoms with Gasteiger partial charge in [-0.1, -0.05) is 11.6 Å². The highest BCUT2D eigenvalue weighted by Gasteiger charge is 2.13. The Morgan fingerprint density at radius 3 is 2.44 bits per heavy atom. The third kappa shape index (κ3) is 2.78. The van der Waals surface area contributed by atoms with Crippen LogP contribution in [0.2, 0.25) is 5.02 Å². The number of rotatable bonds is 3. The number of carbonyl (C=O) groups is 1. The van der Waals surface area contributed by atoms with E-state index in [0.29, 0.717) is 10.8 Å². The van der Waals surface area contributed by atoms with Gasteiger partial charge in [0, 0.05) is 5.02 Å². The molecule has 0 spiro atoms. The van der Waals surface area contributed by atoms with Crippen molar-refractivity contribution in [2.24, 2.45) is 0 Å². The quantitative estimate of drug-likeness (QED) is 0.914. The maximum Gasteiger partial charge on any atom is 0.339 e. The van der Waals surface area contributed by atoms with E-state index in [2.05, 4.69) is 0 Å². The zero-order chi connectivity index (χ0) is 13.1. The van der Waals surface area contributed by atoms with Gasteiger partial charge in [-0.25, -0.2) is 9.18 Å². The molecule has 0 bridgehead atoms. The summed E-state index contributed by atoms with van der Waals surface area (Å²) in [5.74, 6) is -1.38. The van der Waals surface area contributed by atoms with Crippen molar-refractivity contribution in [1.29, 1.82) is 0 Å². The average molecular weight is 267 g/mol. The van der Waals surface area contributed by atoms with E-state index in [0.717, 1.165) is 12.1 Å². The van der Waals surface area contributed by atoms with Crippen molar-refractivity contribution in [1.82, 2.24) is 0 Å². The monoisotopic (exact) mass is 266 g/mol. The Labute approximate surface area is 107 Å². The molecule has 0 saturated heterocycles. The van der Waals surface area contributed by atoms with Crippen molar-refractivity contribution in [2.75, 3.05) is 0 Å². The molecule has 1 N–H and O–H groups in total. The fourth-order valence-corrected chi connectivity index (χ4v) is 1.51. The van der Waals surface area contributed by atoms with Crippen LogP contribution in [0.3, 0.4) is 0 Å². The molecule has 0 aliphatic heterocycles. The van der Waals surface area contributed by atoms with Crippen LogP contribution in [-0.2, 0) is 0 Å². The lowest BCUT2D eigenvalue weighted by Crippen LogP contribution is -2.00. The molecule has 5 heteroatoms. The summed E-state index contributed by atoms with van der Waals surface area (Å²) < 4.78 is 18.3. The number of halogens is 2. The number of hydrogen-bond donors (Lipinski definition) is 1. The molecule has 0 heterocycles. The van der Waals surface area contributed by atoms with E-state index < -0.39 is 11.8 Å². The first-order chi connectivity index (χ1) is 8.56. The van der Waals surface area contributed by atoms with Gasteiger partial charge in [-0.3, -0.25) is 0 Å². The Hall–Kier alpha value is -2.07. The molecule has 0 unspecified atom stereocenters. The van der Waals surface area contributed by atoms with Crippen LogP contribution in [0.4, 0.5) is 4.39 Å². The van der Waals surface area contributed by atoms with Gasteiger partial charge in [-0.15, -0.1) is 0 Å². The molecule has 0 atom stereocenters. The van der Waals surface area contributed by atoms with E-state index >= 15 is 0 Å². The molecule has 0 fully saturated rings. The first-order valence-corrected chi connectivity index (χ1v) is 5.40. The summed E-state index contributed by atoms with van der Waals surface area (Å²) in [5, 5.41) is 9.49. The summed E-state index contributed by atoms with van der Waals surface area (Å²) in [7, 11) is 0. The lowest BCUT2D eigenvalue weighted by Gasteiger charge is -2.08. The van der Waals surface area contributed by atoms with Crippen LogP contribution in [0.15, 0.2) is 42.5 Å². The highest BCUT2D eigenvalue weighted by Crippen LogP contribution is 2.27. The van der Waals surface area contributed by atoms with Gasteiger partial charge < -0.3 is 9.84 Å². The second kappa shape index (κ2) is 5.06. The smallest absolute Gasteiger partial charge is 0.339 e. The van der Waals surface area contributed by atoms with Crippen molar-refractivity contribution in [3.05, 3.63) is 58.9 Å². The number of carboxylic acid groups (broad SMARTS) is 1. The van der Waals surface area contributed by atoms with E-state index in [1.54, 1.807) is 24.3 Å². The van der Waals surface area contributed by atoms with Crippen LogP contribution in [0, 0.1) is 5.82 Å². The van der Waals surface area contributed by atoms with Gasteiger partial charge in [-0.2, -0.15) is 0 Å².